The molecule has 2 atom stereocenters. The zero-order chi connectivity index (χ0) is 16.8. The van der Waals surface area contributed by atoms with Crippen molar-refractivity contribution in [3.05, 3.63) is 0 Å². The lowest BCUT2D eigenvalue weighted by Gasteiger charge is -2.24. The fourth-order valence-electron chi connectivity index (χ4n) is 3.83. The summed E-state index contributed by atoms with van der Waals surface area (Å²) in [6.45, 7) is 1.59. The Morgan fingerprint density at radius 2 is 1.88 bits per heavy atom. The lowest BCUT2D eigenvalue weighted by Crippen LogP contribution is -2.45. The summed E-state index contributed by atoms with van der Waals surface area (Å²) in [4.78, 5) is 4.74. The van der Waals surface area contributed by atoms with Gasteiger partial charge in [-0.25, -0.2) is 8.42 Å². The van der Waals surface area contributed by atoms with Gasteiger partial charge >= 0.3 is 0 Å². The van der Waals surface area contributed by atoms with Crippen LogP contribution in [0, 0.1) is 5.92 Å². The highest BCUT2D eigenvalue weighted by atomic mass is 32.2. The molecule has 3 aliphatic rings. The lowest BCUT2D eigenvalue weighted by molar-refractivity contribution is 0.576. The third-order valence-corrected chi connectivity index (χ3v) is 8.54. The summed E-state index contributed by atoms with van der Waals surface area (Å²) in [6.07, 6.45) is 9.76. The molecule has 2 heterocycles. The summed E-state index contributed by atoms with van der Waals surface area (Å²) < 4.78 is 23.2. The van der Waals surface area contributed by atoms with Crippen molar-refractivity contribution in [1.29, 1.82) is 0 Å². The first-order valence-corrected chi connectivity index (χ1v) is 12.3. The van der Waals surface area contributed by atoms with E-state index in [4.69, 9.17) is 4.99 Å². The van der Waals surface area contributed by atoms with Crippen molar-refractivity contribution in [2.24, 2.45) is 10.9 Å². The van der Waals surface area contributed by atoms with E-state index in [1.54, 1.807) is 0 Å². The van der Waals surface area contributed by atoms with Gasteiger partial charge in [-0.2, -0.15) is 11.8 Å². The number of guanidine groups is 1. The van der Waals surface area contributed by atoms with E-state index in [1.807, 2.05) is 0 Å². The largest absolute Gasteiger partial charge is 0.355 e. The predicted octanol–water partition coefficient (Wildman–Crippen LogP) is 2.18. The molecule has 1 saturated carbocycles. The van der Waals surface area contributed by atoms with Gasteiger partial charge in [-0.15, -0.1) is 0 Å². The minimum absolute atomic E-state index is 0.196. The van der Waals surface area contributed by atoms with Gasteiger partial charge in [0.25, 0.3) is 0 Å². The molecule has 0 amide bonds. The van der Waals surface area contributed by atoms with E-state index in [2.05, 4.69) is 22.4 Å². The van der Waals surface area contributed by atoms with Crippen molar-refractivity contribution in [1.82, 2.24) is 10.6 Å². The molecule has 7 heteroatoms. The standard InChI is InChI=1S/C17H31N3O2S2/c21-24(22)10-8-14(13-24)11-18-17(20-15-5-1-2-6-15)19-12-16-7-3-4-9-23-16/h14-16H,1-13H2,(H2,18,19,20). The molecule has 3 fully saturated rings. The molecule has 0 aromatic rings. The first kappa shape index (κ1) is 18.4. The van der Waals surface area contributed by atoms with Gasteiger partial charge in [0.2, 0.25) is 0 Å². The minimum Gasteiger partial charge on any atom is -0.355 e. The maximum absolute atomic E-state index is 11.6. The molecule has 2 N–H and O–H groups in total. The average Bonchev–Trinajstić information content (AvgIpc) is 3.20. The van der Waals surface area contributed by atoms with Crippen LogP contribution in [-0.4, -0.2) is 56.0 Å². The number of sulfone groups is 1. The summed E-state index contributed by atoms with van der Waals surface area (Å²) in [6, 6.07) is 0.530. The Hall–Kier alpha value is -0.430. The van der Waals surface area contributed by atoms with Gasteiger partial charge in [0.1, 0.15) is 0 Å². The molecule has 138 valence electrons. The highest BCUT2D eigenvalue weighted by Gasteiger charge is 2.27. The zero-order valence-corrected chi connectivity index (χ0v) is 16.1. The van der Waals surface area contributed by atoms with Crippen molar-refractivity contribution < 1.29 is 8.42 Å². The quantitative estimate of drug-likeness (QED) is 0.571. The lowest BCUT2D eigenvalue weighted by atomic mass is 10.1. The predicted molar refractivity (Wildman–Crippen MR) is 103 cm³/mol. The minimum atomic E-state index is -2.81. The van der Waals surface area contributed by atoms with Crippen LogP contribution >= 0.6 is 11.8 Å². The summed E-state index contributed by atoms with van der Waals surface area (Å²) in [5.74, 6) is 3.02. The van der Waals surface area contributed by atoms with E-state index in [0.29, 0.717) is 29.3 Å². The molecular formula is C17H31N3O2S2. The van der Waals surface area contributed by atoms with Crippen molar-refractivity contribution >= 4 is 27.6 Å². The fraction of sp³-hybridized carbons (Fsp3) is 0.941. The van der Waals surface area contributed by atoms with Gasteiger partial charge in [-0.1, -0.05) is 19.3 Å². The SMILES string of the molecule is O=S1(=O)CCC(CN=C(NCC2CCCCS2)NC2CCCC2)C1. The van der Waals surface area contributed by atoms with Crippen LogP contribution in [0.25, 0.3) is 0 Å². The molecule has 2 saturated heterocycles. The van der Waals surface area contributed by atoms with Crippen LogP contribution in [0.5, 0.6) is 0 Å². The van der Waals surface area contributed by atoms with E-state index in [0.717, 1.165) is 18.9 Å². The number of rotatable bonds is 5. The fourth-order valence-corrected chi connectivity index (χ4v) is 6.92. The van der Waals surface area contributed by atoms with E-state index < -0.39 is 9.84 Å². The Morgan fingerprint density at radius 1 is 1.08 bits per heavy atom. The molecule has 0 bridgehead atoms. The van der Waals surface area contributed by atoms with Crippen LogP contribution < -0.4 is 10.6 Å². The van der Waals surface area contributed by atoms with Gasteiger partial charge in [-0.3, -0.25) is 4.99 Å². The van der Waals surface area contributed by atoms with Crippen LogP contribution in [0.15, 0.2) is 4.99 Å². The van der Waals surface area contributed by atoms with Crippen molar-refractivity contribution in [3.63, 3.8) is 0 Å². The second-order valence-electron chi connectivity index (χ2n) is 7.45. The molecule has 0 aromatic carbocycles. The molecule has 1 aliphatic carbocycles. The highest BCUT2D eigenvalue weighted by Crippen LogP contribution is 2.24. The Labute approximate surface area is 150 Å². The van der Waals surface area contributed by atoms with Crippen LogP contribution in [0.1, 0.15) is 51.4 Å². The Morgan fingerprint density at radius 3 is 2.54 bits per heavy atom. The van der Waals surface area contributed by atoms with Crippen LogP contribution in [0.2, 0.25) is 0 Å². The van der Waals surface area contributed by atoms with Crippen LogP contribution in [0.4, 0.5) is 0 Å². The van der Waals surface area contributed by atoms with Gasteiger partial charge in [0.05, 0.1) is 11.5 Å². The van der Waals surface area contributed by atoms with Gasteiger partial charge in [0.15, 0.2) is 15.8 Å². The normalized spacial score (nSPS) is 31.2. The number of aliphatic imine (C=N–C) groups is 1. The molecule has 2 unspecified atom stereocenters. The number of thioether (sulfide) groups is 1. The molecule has 0 aromatic heterocycles. The van der Waals surface area contributed by atoms with Crippen LogP contribution in [0.3, 0.4) is 0 Å². The molecule has 5 nitrogen and oxygen atoms in total. The van der Waals surface area contributed by atoms with E-state index >= 15 is 0 Å². The molecule has 2 aliphatic heterocycles. The Balaban J connectivity index is 1.52. The van der Waals surface area contributed by atoms with Crippen molar-refractivity contribution in [3.8, 4) is 0 Å². The average molecular weight is 374 g/mol. The smallest absolute Gasteiger partial charge is 0.191 e. The van der Waals surface area contributed by atoms with E-state index in [9.17, 15) is 8.42 Å². The molecule has 0 spiro atoms. The number of nitrogens with one attached hydrogen (secondary N) is 2. The summed E-state index contributed by atoms with van der Waals surface area (Å²) in [5.41, 5.74) is 0. The van der Waals surface area contributed by atoms with Gasteiger partial charge in [-0.05, 0) is 43.8 Å². The summed E-state index contributed by atoms with van der Waals surface area (Å²) >= 11 is 2.07. The second-order valence-corrected chi connectivity index (χ2v) is 11.1. The second kappa shape index (κ2) is 8.79. The third kappa shape index (κ3) is 5.83. The Kier molecular flexibility index (Phi) is 6.72. The van der Waals surface area contributed by atoms with Crippen molar-refractivity contribution in [2.75, 3.05) is 30.3 Å². The number of nitrogens with zero attached hydrogens (tertiary/aromatic N) is 1. The first-order chi connectivity index (χ1) is 11.6. The first-order valence-electron chi connectivity index (χ1n) is 9.47. The maximum atomic E-state index is 11.6. The number of hydrogen-bond donors (Lipinski definition) is 2. The van der Waals surface area contributed by atoms with Gasteiger partial charge < -0.3 is 10.6 Å². The topological polar surface area (TPSA) is 70.6 Å². The van der Waals surface area contributed by atoms with Crippen LogP contribution in [-0.2, 0) is 9.84 Å². The molecule has 0 radical (unpaired) electrons. The maximum Gasteiger partial charge on any atom is 0.191 e. The zero-order valence-electron chi connectivity index (χ0n) is 14.5. The third-order valence-electron chi connectivity index (χ3n) is 5.30. The molecular weight excluding hydrogens is 342 g/mol. The van der Waals surface area contributed by atoms with Crippen molar-refractivity contribution in [2.45, 2.75) is 62.7 Å². The number of hydrogen-bond acceptors (Lipinski definition) is 4. The highest BCUT2D eigenvalue weighted by molar-refractivity contribution is 7.99. The molecule has 24 heavy (non-hydrogen) atoms. The summed E-state index contributed by atoms with van der Waals surface area (Å²) in [5, 5.41) is 7.79. The van der Waals surface area contributed by atoms with E-state index in [-0.39, 0.29) is 5.92 Å². The monoisotopic (exact) mass is 373 g/mol. The van der Waals surface area contributed by atoms with E-state index in [1.165, 1.54) is 50.7 Å². The summed E-state index contributed by atoms with van der Waals surface area (Å²) in [7, 11) is -2.81. The molecule has 3 rings (SSSR count). The Bertz CT molecular complexity index is 524. The van der Waals surface area contributed by atoms with Gasteiger partial charge in [0, 0.05) is 24.4 Å².